The molecule has 1 aromatic carbocycles. The highest BCUT2D eigenvalue weighted by Crippen LogP contribution is 2.23. The smallest absolute Gasteiger partial charge is 0.240 e. The lowest BCUT2D eigenvalue weighted by Gasteiger charge is -2.17. The Bertz CT molecular complexity index is 641. The number of rotatable bonds is 6. The van der Waals surface area contributed by atoms with Gasteiger partial charge in [0.05, 0.1) is 4.90 Å². The molecule has 1 aromatic rings. The molecule has 0 unspecified atom stereocenters. The van der Waals surface area contributed by atoms with Crippen molar-refractivity contribution < 1.29 is 13.2 Å². The van der Waals surface area contributed by atoms with E-state index in [1.54, 1.807) is 24.1 Å². The first-order valence-electron chi connectivity index (χ1n) is 7.79. The molecule has 0 saturated heterocycles. The standard InChI is InChI=1S/C16H24N2O3S/c1-3-18(2)16(19)10-11-17-22(20,21)15-9-8-13-6-4-5-7-14(13)12-15/h8-9,12,17H,3-7,10-11H2,1-2H3. The van der Waals surface area contributed by atoms with E-state index < -0.39 is 10.0 Å². The first kappa shape index (κ1) is 17.0. The van der Waals surface area contributed by atoms with Crippen molar-refractivity contribution in [3.8, 4) is 0 Å². The number of nitrogens with zero attached hydrogens (tertiary/aromatic N) is 1. The van der Waals surface area contributed by atoms with Crippen molar-refractivity contribution in [1.29, 1.82) is 0 Å². The van der Waals surface area contributed by atoms with Crippen LogP contribution in [0.1, 0.15) is 37.3 Å². The monoisotopic (exact) mass is 324 g/mol. The molecule has 5 nitrogen and oxygen atoms in total. The second-order valence-corrected chi connectivity index (χ2v) is 7.46. The normalized spacial score (nSPS) is 14.5. The van der Waals surface area contributed by atoms with Crippen molar-refractivity contribution in [2.75, 3.05) is 20.1 Å². The van der Waals surface area contributed by atoms with Gasteiger partial charge in [0.15, 0.2) is 0 Å². The van der Waals surface area contributed by atoms with Gasteiger partial charge in [0.2, 0.25) is 15.9 Å². The Morgan fingerprint density at radius 2 is 1.91 bits per heavy atom. The minimum atomic E-state index is -3.54. The molecule has 0 atom stereocenters. The SMILES string of the molecule is CCN(C)C(=O)CCNS(=O)(=O)c1ccc2c(c1)CCCC2. The summed E-state index contributed by atoms with van der Waals surface area (Å²) in [4.78, 5) is 13.6. The number of hydrogen-bond donors (Lipinski definition) is 1. The summed E-state index contributed by atoms with van der Waals surface area (Å²) in [5, 5.41) is 0. The Balaban J connectivity index is 2.00. The summed E-state index contributed by atoms with van der Waals surface area (Å²) in [6.45, 7) is 2.63. The molecule has 0 heterocycles. The van der Waals surface area contributed by atoms with E-state index >= 15 is 0 Å². The molecule has 1 N–H and O–H groups in total. The Morgan fingerprint density at radius 1 is 1.23 bits per heavy atom. The van der Waals surface area contributed by atoms with Crippen LogP contribution in [0.5, 0.6) is 0 Å². The van der Waals surface area contributed by atoms with Crippen LogP contribution in [0.4, 0.5) is 0 Å². The molecule has 6 heteroatoms. The number of benzene rings is 1. The van der Waals surface area contributed by atoms with Gasteiger partial charge in [-0.15, -0.1) is 0 Å². The minimum absolute atomic E-state index is 0.0596. The van der Waals surface area contributed by atoms with Crippen LogP contribution in [-0.4, -0.2) is 39.4 Å². The van der Waals surface area contributed by atoms with E-state index in [0.717, 1.165) is 24.8 Å². The molecule has 1 amide bonds. The fourth-order valence-electron chi connectivity index (χ4n) is 2.62. The topological polar surface area (TPSA) is 66.5 Å². The second kappa shape index (κ2) is 7.24. The lowest BCUT2D eigenvalue weighted by molar-refractivity contribution is -0.129. The van der Waals surface area contributed by atoms with Gasteiger partial charge in [-0.1, -0.05) is 6.07 Å². The number of hydrogen-bond acceptors (Lipinski definition) is 3. The molecule has 122 valence electrons. The average molecular weight is 324 g/mol. The predicted molar refractivity (Wildman–Crippen MR) is 86.2 cm³/mol. The van der Waals surface area contributed by atoms with Crippen LogP contribution in [0, 0.1) is 0 Å². The highest BCUT2D eigenvalue weighted by Gasteiger charge is 2.18. The molecule has 22 heavy (non-hydrogen) atoms. The highest BCUT2D eigenvalue weighted by atomic mass is 32.2. The fourth-order valence-corrected chi connectivity index (χ4v) is 3.70. The maximum Gasteiger partial charge on any atom is 0.240 e. The third-order valence-corrected chi connectivity index (χ3v) is 5.62. The van der Waals surface area contributed by atoms with Crippen LogP contribution >= 0.6 is 0 Å². The van der Waals surface area contributed by atoms with Crippen LogP contribution in [0.25, 0.3) is 0 Å². The Labute approximate surface area is 132 Å². The maximum atomic E-state index is 12.3. The van der Waals surface area contributed by atoms with Crippen molar-refractivity contribution in [3.63, 3.8) is 0 Å². The summed E-state index contributed by atoms with van der Waals surface area (Å²) in [5.74, 6) is -0.0596. The number of carbonyl (C=O) groups excluding carboxylic acids is 1. The van der Waals surface area contributed by atoms with Gasteiger partial charge in [-0.2, -0.15) is 0 Å². The van der Waals surface area contributed by atoms with E-state index in [1.807, 2.05) is 13.0 Å². The lowest BCUT2D eigenvalue weighted by Crippen LogP contribution is -2.32. The third kappa shape index (κ3) is 4.08. The predicted octanol–water partition coefficient (Wildman–Crippen LogP) is 1.71. The van der Waals surface area contributed by atoms with Crippen molar-refractivity contribution in [2.24, 2.45) is 0 Å². The number of carbonyl (C=O) groups is 1. The molecule has 0 spiro atoms. The number of aryl methyl sites for hydroxylation is 2. The second-order valence-electron chi connectivity index (χ2n) is 5.69. The molecule has 0 fully saturated rings. The molecular weight excluding hydrogens is 300 g/mol. The highest BCUT2D eigenvalue weighted by molar-refractivity contribution is 7.89. The van der Waals surface area contributed by atoms with Crippen LogP contribution in [-0.2, 0) is 27.7 Å². The molecule has 0 radical (unpaired) electrons. The molecule has 0 aliphatic heterocycles. The molecule has 0 bridgehead atoms. The van der Waals surface area contributed by atoms with E-state index in [0.29, 0.717) is 11.4 Å². The van der Waals surface area contributed by atoms with E-state index in [9.17, 15) is 13.2 Å². The summed E-state index contributed by atoms with van der Waals surface area (Å²) in [6, 6.07) is 5.35. The Kier molecular flexibility index (Phi) is 5.58. The van der Waals surface area contributed by atoms with Gasteiger partial charge in [0.1, 0.15) is 0 Å². The minimum Gasteiger partial charge on any atom is -0.346 e. The van der Waals surface area contributed by atoms with E-state index in [4.69, 9.17) is 0 Å². The van der Waals surface area contributed by atoms with Gasteiger partial charge in [-0.25, -0.2) is 13.1 Å². The summed E-state index contributed by atoms with van der Waals surface area (Å²) in [6.07, 6.45) is 4.43. The Hall–Kier alpha value is -1.40. The van der Waals surface area contributed by atoms with Gasteiger partial charge >= 0.3 is 0 Å². The summed E-state index contributed by atoms with van der Waals surface area (Å²) in [5.41, 5.74) is 2.39. The van der Waals surface area contributed by atoms with E-state index in [-0.39, 0.29) is 18.9 Å². The molecule has 1 aliphatic rings. The zero-order chi connectivity index (χ0) is 16.2. The fraction of sp³-hybridized carbons (Fsp3) is 0.562. The summed E-state index contributed by atoms with van der Waals surface area (Å²) >= 11 is 0. The summed E-state index contributed by atoms with van der Waals surface area (Å²) in [7, 11) is -1.83. The number of amides is 1. The van der Waals surface area contributed by atoms with Crippen LogP contribution in [0.3, 0.4) is 0 Å². The average Bonchev–Trinajstić information content (AvgIpc) is 2.53. The van der Waals surface area contributed by atoms with Gasteiger partial charge < -0.3 is 4.90 Å². The Morgan fingerprint density at radius 3 is 2.59 bits per heavy atom. The van der Waals surface area contributed by atoms with Gasteiger partial charge in [0.25, 0.3) is 0 Å². The zero-order valence-corrected chi connectivity index (χ0v) is 14.1. The van der Waals surface area contributed by atoms with Crippen molar-refractivity contribution in [1.82, 2.24) is 9.62 Å². The molecule has 0 aromatic heterocycles. The molecule has 0 saturated carbocycles. The third-order valence-electron chi connectivity index (χ3n) is 4.16. The lowest BCUT2D eigenvalue weighted by atomic mass is 9.92. The number of nitrogens with one attached hydrogen (secondary N) is 1. The van der Waals surface area contributed by atoms with Gasteiger partial charge in [-0.05, 0) is 55.9 Å². The van der Waals surface area contributed by atoms with Gasteiger partial charge in [0, 0.05) is 26.6 Å². The van der Waals surface area contributed by atoms with Crippen LogP contribution < -0.4 is 4.72 Å². The van der Waals surface area contributed by atoms with E-state index in [2.05, 4.69) is 4.72 Å². The van der Waals surface area contributed by atoms with Crippen molar-refractivity contribution >= 4 is 15.9 Å². The maximum absolute atomic E-state index is 12.3. The number of sulfonamides is 1. The largest absolute Gasteiger partial charge is 0.346 e. The molecule has 1 aliphatic carbocycles. The first-order chi connectivity index (χ1) is 10.4. The molecular formula is C16H24N2O3S. The number of fused-ring (bicyclic) bond motifs is 1. The van der Waals surface area contributed by atoms with Crippen molar-refractivity contribution in [2.45, 2.75) is 43.9 Å². The summed E-state index contributed by atoms with van der Waals surface area (Å²) < 4.78 is 27.1. The van der Waals surface area contributed by atoms with Crippen LogP contribution in [0.2, 0.25) is 0 Å². The first-order valence-corrected chi connectivity index (χ1v) is 9.28. The van der Waals surface area contributed by atoms with Crippen molar-refractivity contribution in [3.05, 3.63) is 29.3 Å². The van der Waals surface area contributed by atoms with Gasteiger partial charge in [-0.3, -0.25) is 4.79 Å². The van der Waals surface area contributed by atoms with Crippen LogP contribution in [0.15, 0.2) is 23.1 Å². The zero-order valence-electron chi connectivity index (χ0n) is 13.3. The quantitative estimate of drug-likeness (QED) is 0.866. The molecule has 2 rings (SSSR count). The van der Waals surface area contributed by atoms with E-state index in [1.165, 1.54) is 12.0 Å².